The fraction of sp³-hybridized carbons (Fsp3) is 0.594. The molecule has 0 saturated carbocycles. The van der Waals surface area contributed by atoms with Crippen molar-refractivity contribution in [2.75, 3.05) is 39.3 Å². The maximum absolute atomic E-state index is 7.50. The topological polar surface area (TPSA) is 56.3 Å². The van der Waals surface area contributed by atoms with Gasteiger partial charge in [-0.25, -0.2) is 0 Å². The van der Waals surface area contributed by atoms with E-state index in [-0.39, 0.29) is 6.54 Å². The Labute approximate surface area is 222 Å². The van der Waals surface area contributed by atoms with E-state index in [2.05, 4.69) is 98.7 Å². The maximum Gasteiger partial charge on any atom is 0.0815 e. The van der Waals surface area contributed by atoms with Crippen molar-refractivity contribution >= 4 is 0 Å². The lowest BCUT2D eigenvalue weighted by Gasteiger charge is -2.34. The van der Waals surface area contributed by atoms with Crippen LogP contribution in [0.4, 0.5) is 0 Å². The molecule has 0 aromatic heterocycles. The van der Waals surface area contributed by atoms with Gasteiger partial charge in [-0.05, 0) is 42.5 Å². The third-order valence-electron chi connectivity index (χ3n) is 6.84. The van der Waals surface area contributed by atoms with Crippen molar-refractivity contribution in [2.45, 2.75) is 79.7 Å². The van der Waals surface area contributed by atoms with E-state index >= 15 is 0 Å². The monoisotopic (exact) mass is 492 g/mol. The number of hydrogen-bond donors (Lipinski definition) is 1. The summed E-state index contributed by atoms with van der Waals surface area (Å²) in [7, 11) is 0. The van der Waals surface area contributed by atoms with Crippen LogP contribution in [0.1, 0.15) is 77.3 Å². The summed E-state index contributed by atoms with van der Waals surface area (Å²) in [5.41, 5.74) is 10.0. The van der Waals surface area contributed by atoms with Crippen LogP contribution in [0.2, 0.25) is 0 Å². The lowest BCUT2D eigenvalue weighted by molar-refractivity contribution is 0.127. The summed E-state index contributed by atoms with van der Waals surface area (Å²) in [5.74, 6) is 0.955. The number of rotatable bonds is 10. The van der Waals surface area contributed by atoms with Crippen LogP contribution in [0.3, 0.4) is 0 Å². The number of benzene rings is 2. The first kappa shape index (κ1) is 31.8. The molecule has 2 N–H and O–H groups in total. The number of nitriles is 1. The highest BCUT2D eigenvalue weighted by molar-refractivity contribution is 5.63. The molecule has 0 spiro atoms. The molecule has 2 aromatic carbocycles. The summed E-state index contributed by atoms with van der Waals surface area (Å²) in [4.78, 5) is 5.16. The molecule has 4 nitrogen and oxygen atoms in total. The number of unbranched alkanes of at least 4 members (excludes halogenated alkanes) is 2. The fourth-order valence-corrected chi connectivity index (χ4v) is 4.24. The zero-order valence-electron chi connectivity index (χ0n) is 23.8. The Kier molecular flexibility index (Phi) is 17.6. The minimum absolute atomic E-state index is 0.125. The highest BCUT2D eigenvalue weighted by Gasteiger charge is 2.16. The third kappa shape index (κ3) is 13.8. The van der Waals surface area contributed by atoms with Crippen molar-refractivity contribution in [1.82, 2.24) is 9.80 Å². The number of aryl methyl sites for hydroxylation is 1. The number of hydrogen-bond acceptors (Lipinski definition) is 4. The minimum atomic E-state index is 0.125. The van der Waals surface area contributed by atoms with Crippen molar-refractivity contribution in [3.63, 3.8) is 0 Å². The quantitative estimate of drug-likeness (QED) is 0.280. The van der Waals surface area contributed by atoms with Crippen molar-refractivity contribution in [3.05, 3.63) is 59.7 Å². The summed E-state index contributed by atoms with van der Waals surface area (Å²) in [5, 5.41) is 7.50. The van der Waals surface area contributed by atoms with Crippen molar-refractivity contribution in [1.29, 1.82) is 5.26 Å². The van der Waals surface area contributed by atoms with Gasteiger partial charge in [0.15, 0.2) is 0 Å². The first-order chi connectivity index (χ1) is 17.5. The number of nitrogens with zero attached hydrogens (tertiary/aromatic N) is 3. The van der Waals surface area contributed by atoms with Crippen LogP contribution in [0, 0.1) is 24.2 Å². The van der Waals surface area contributed by atoms with E-state index < -0.39 is 0 Å². The van der Waals surface area contributed by atoms with E-state index in [0.29, 0.717) is 0 Å². The Morgan fingerprint density at radius 1 is 0.833 bits per heavy atom. The van der Waals surface area contributed by atoms with Gasteiger partial charge in [0.2, 0.25) is 0 Å². The minimum Gasteiger partial charge on any atom is -0.318 e. The molecule has 1 heterocycles. The van der Waals surface area contributed by atoms with Crippen molar-refractivity contribution in [2.24, 2.45) is 11.7 Å². The predicted molar refractivity (Wildman–Crippen MR) is 157 cm³/mol. The maximum atomic E-state index is 7.50. The lowest BCUT2D eigenvalue weighted by atomic mass is 10.0. The first-order valence-corrected chi connectivity index (χ1v) is 14.1. The Hall–Kier alpha value is -2.19. The zero-order chi connectivity index (χ0) is 26.6. The number of piperazine rings is 1. The highest BCUT2D eigenvalue weighted by atomic mass is 15.3. The average Bonchev–Trinajstić information content (AvgIpc) is 2.91. The van der Waals surface area contributed by atoms with E-state index in [9.17, 15) is 0 Å². The molecule has 1 atom stereocenters. The van der Waals surface area contributed by atoms with E-state index in [1.165, 1.54) is 93.5 Å². The van der Waals surface area contributed by atoms with Gasteiger partial charge in [0.1, 0.15) is 0 Å². The molecule has 1 aliphatic heterocycles. The predicted octanol–water partition coefficient (Wildman–Crippen LogP) is 7.27. The standard InChI is InChI=1S/C21H28N2.C9H20.C2H4N2/c1-3-12-22-13-15-23(16-14-22)17-19-6-10-21(11-7-19)20-8-4-18(2)5-9-20;1-4-6-7-8-9(3)5-2;3-1-2-4/h4-11H,3,12-17H2,1-2H3;9H,4-8H2,1-3H3;1,3H2. The van der Waals surface area contributed by atoms with Gasteiger partial charge >= 0.3 is 0 Å². The zero-order valence-corrected chi connectivity index (χ0v) is 23.8. The van der Waals surface area contributed by atoms with Crippen LogP contribution < -0.4 is 5.73 Å². The molecule has 1 unspecified atom stereocenters. The van der Waals surface area contributed by atoms with Gasteiger partial charge in [-0.3, -0.25) is 4.90 Å². The molecule has 4 heteroatoms. The van der Waals surface area contributed by atoms with Crippen LogP contribution in [0.15, 0.2) is 48.5 Å². The molecular weight excluding hydrogens is 440 g/mol. The van der Waals surface area contributed by atoms with E-state index in [1.807, 2.05) is 0 Å². The van der Waals surface area contributed by atoms with Crippen LogP contribution in [0.25, 0.3) is 11.1 Å². The van der Waals surface area contributed by atoms with Gasteiger partial charge in [-0.2, -0.15) is 5.26 Å². The van der Waals surface area contributed by atoms with Gasteiger partial charge in [0.25, 0.3) is 0 Å². The lowest BCUT2D eigenvalue weighted by Crippen LogP contribution is -2.45. The summed E-state index contributed by atoms with van der Waals surface area (Å²) in [6.45, 7) is 18.6. The molecule has 0 bridgehead atoms. The van der Waals surface area contributed by atoms with E-state index in [1.54, 1.807) is 6.07 Å². The SMILES string of the molecule is CCCCCC(C)CC.CCCN1CCN(Cc2ccc(-c3ccc(C)cc3)cc2)CC1.N#CCN. The summed E-state index contributed by atoms with van der Waals surface area (Å²) in [6.07, 6.45) is 8.26. The van der Waals surface area contributed by atoms with E-state index in [0.717, 1.165) is 12.5 Å². The van der Waals surface area contributed by atoms with Gasteiger partial charge in [-0.15, -0.1) is 0 Å². The molecule has 1 aliphatic rings. The Morgan fingerprint density at radius 3 is 1.83 bits per heavy atom. The van der Waals surface area contributed by atoms with Crippen LogP contribution in [-0.2, 0) is 6.54 Å². The average molecular weight is 493 g/mol. The highest BCUT2D eigenvalue weighted by Crippen LogP contribution is 2.21. The van der Waals surface area contributed by atoms with Gasteiger partial charge in [0.05, 0.1) is 12.6 Å². The summed E-state index contributed by atoms with van der Waals surface area (Å²) >= 11 is 0. The van der Waals surface area contributed by atoms with Crippen LogP contribution in [-0.4, -0.2) is 49.1 Å². The molecule has 3 rings (SSSR count). The van der Waals surface area contributed by atoms with E-state index in [4.69, 9.17) is 5.26 Å². The Bertz CT molecular complexity index is 815. The summed E-state index contributed by atoms with van der Waals surface area (Å²) < 4.78 is 0. The van der Waals surface area contributed by atoms with Crippen LogP contribution in [0.5, 0.6) is 0 Å². The fourth-order valence-electron chi connectivity index (χ4n) is 4.24. The second-order valence-electron chi connectivity index (χ2n) is 10.1. The largest absolute Gasteiger partial charge is 0.318 e. The molecule has 200 valence electrons. The van der Waals surface area contributed by atoms with Gasteiger partial charge in [0, 0.05) is 32.7 Å². The second-order valence-corrected chi connectivity index (χ2v) is 10.1. The molecule has 0 aliphatic carbocycles. The smallest absolute Gasteiger partial charge is 0.0815 e. The number of nitrogens with two attached hydrogens (primary N) is 1. The van der Waals surface area contributed by atoms with Gasteiger partial charge in [-0.1, -0.05) is 114 Å². The van der Waals surface area contributed by atoms with Gasteiger partial charge < -0.3 is 10.6 Å². The Balaban J connectivity index is 0.000000416. The normalized spacial score (nSPS) is 14.6. The molecule has 2 aromatic rings. The molecule has 0 amide bonds. The second kappa shape index (κ2) is 19.9. The molecule has 1 saturated heterocycles. The van der Waals surface area contributed by atoms with Crippen LogP contribution >= 0.6 is 0 Å². The molecule has 0 radical (unpaired) electrons. The molecular formula is C32H52N4. The van der Waals surface area contributed by atoms with Crippen molar-refractivity contribution < 1.29 is 0 Å². The Morgan fingerprint density at radius 2 is 1.36 bits per heavy atom. The molecule has 36 heavy (non-hydrogen) atoms. The summed E-state index contributed by atoms with van der Waals surface area (Å²) in [6, 6.07) is 19.6. The first-order valence-electron chi connectivity index (χ1n) is 14.1. The van der Waals surface area contributed by atoms with Crippen molar-refractivity contribution in [3.8, 4) is 17.2 Å². The molecule has 1 fully saturated rings. The third-order valence-corrected chi connectivity index (χ3v) is 6.84.